The zero-order valence-corrected chi connectivity index (χ0v) is 59.0. The van der Waals surface area contributed by atoms with Crippen LogP contribution in [0.1, 0.15) is 217 Å². The number of aliphatic hydroxyl groups excluding tert-OH is 2. The molecule has 4 aromatic rings. The fourth-order valence-electron chi connectivity index (χ4n) is 13.5. The number of fused-ring (bicyclic) bond motifs is 4. The number of ether oxygens (including phenoxy) is 2. The first-order valence-corrected chi connectivity index (χ1v) is 42.0. The maximum atomic E-state index is 13.3. The molecule has 0 fully saturated rings. The van der Waals surface area contributed by atoms with Crippen molar-refractivity contribution in [2.75, 3.05) is 27.4 Å². The Labute approximate surface area is 496 Å². The molecule has 2 heterocycles. The quantitative estimate of drug-likeness (QED) is 0.111. The van der Waals surface area contributed by atoms with Gasteiger partial charge in [0.1, 0.15) is 34.5 Å². The molecule has 4 aliphatic rings. The Hall–Kier alpha value is -3.35. The zero-order chi connectivity index (χ0) is 59.6. The number of rotatable bonds is 15. The van der Waals surface area contributed by atoms with Gasteiger partial charge in [0.05, 0.1) is 47.2 Å². The minimum atomic E-state index is -3.01. The van der Waals surface area contributed by atoms with E-state index in [1.165, 1.54) is 51.8 Å². The number of aliphatic hydroxyl groups is 2. The van der Waals surface area contributed by atoms with Crippen LogP contribution in [-0.2, 0) is 12.8 Å². The average molecular weight is 1310 g/mol. The van der Waals surface area contributed by atoms with Gasteiger partial charge in [0, 0.05) is 60.5 Å². The van der Waals surface area contributed by atoms with Crippen LogP contribution in [0.25, 0.3) is 27.6 Å². The molecule has 442 valence electrons. The molecule has 0 spiro atoms. The summed E-state index contributed by atoms with van der Waals surface area (Å²) in [4.78, 5) is 26.5. The minimum absolute atomic E-state index is 0.0621. The summed E-state index contributed by atoms with van der Waals surface area (Å²) in [5.41, 5.74) is 6.33. The van der Waals surface area contributed by atoms with Crippen molar-refractivity contribution >= 4 is 90.6 Å². The van der Waals surface area contributed by atoms with Crippen LogP contribution in [0.2, 0.25) is 33.5 Å². The van der Waals surface area contributed by atoms with Gasteiger partial charge < -0.3 is 32.3 Å². The van der Waals surface area contributed by atoms with Gasteiger partial charge in [-0.2, -0.15) is 0 Å². The van der Waals surface area contributed by atoms with Crippen molar-refractivity contribution in [1.82, 2.24) is 0 Å². The third kappa shape index (κ3) is 12.4. The van der Waals surface area contributed by atoms with Crippen LogP contribution in [0.15, 0.2) is 32.8 Å². The molecule has 0 radical (unpaired) electrons. The monoisotopic (exact) mass is 1310 g/mol. The summed E-state index contributed by atoms with van der Waals surface area (Å²) < 4.78 is 47.8. The Morgan fingerprint density at radius 3 is 1.32 bits per heavy atom. The molecule has 0 unspecified atom stereocenters. The zero-order valence-electron chi connectivity index (χ0n) is 52.5. The Bertz CT molecular complexity index is 2940. The second-order valence-corrected chi connectivity index (χ2v) is 50.2. The van der Waals surface area contributed by atoms with Crippen molar-refractivity contribution in [1.29, 1.82) is 0 Å². The molecule has 0 amide bonds. The molecule has 14 heteroatoms. The van der Waals surface area contributed by atoms with E-state index in [2.05, 4.69) is 149 Å². The van der Waals surface area contributed by atoms with Crippen molar-refractivity contribution in [2.24, 2.45) is 0 Å². The topological polar surface area (TPSA) is 130 Å². The molecule has 10 nitrogen and oxygen atoms in total. The van der Waals surface area contributed by atoms with Crippen LogP contribution in [0.3, 0.4) is 0 Å². The second-order valence-electron chi connectivity index (χ2n) is 27.1. The van der Waals surface area contributed by atoms with E-state index in [4.69, 9.17) is 32.3 Å². The van der Waals surface area contributed by atoms with Gasteiger partial charge in [-0.15, -0.1) is 0 Å². The van der Waals surface area contributed by atoms with Gasteiger partial charge in [-0.1, -0.05) is 95.2 Å². The minimum Gasteiger partial charge on any atom is -0.510 e. The molecule has 4 aromatic carbocycles. The third-order valence-electron chi connectivity index (χ3n) is 17.1. The first kappa shape index (κ1) is 65.8. The predicted octanol–water partition coefficient (Wildman–Crippen LogP) is 18.7. The molecule has 0 bridgehead atoms. The van der Waals surface area contributed by atoms with E-state index in [0.29, 0.717) is 35.5 Å². The summed E-state index contributed by atoms with van der Waals surface area (Å²) in [6, 6.07) is 4.20. The molecule has 2 aliphatic carbocycles. The number of methoxy groups -OCH3 is 2. The molecular weight excluding hydrogens is 1210 g/mol. The Kier molecular flexibility index (Phi) is 21.3. The maximum absolute atomic E-state index is 13.3. The SMILES string of the molecule is CCC[CH2][Sn](/[CH]=C/CO)([CH2]CCC)[CH2]CCC.COc1c2c(c3c4c(c(/C=C/CO)c(C)cc14)O[Si](C(C)(C)C)(C(C)(C)C)O3)C(=O)CCC2.COc1c2c(c3c4c(c(Br)c(C)cc14)O[Si](C(C)(C)C)(C(C)(C)C)O3)C(=O)CCC2. The van der Waals surface area contributed by atoms with Crippen LogP contribution in [0, 0.1) is 13.8 Å². The van der Waals surface area contributed by atoms with Crippen molar-refractivity contribution in [3.63, 3.8) is 0 Å². The normalized spacial score (nSPS) is 16.7. The van der Waals surface area contributed by atoms with Crippen LogP contribution in [0.4, 0.5) is 0 Å². The molecule has 2 N–H and O–H groups in total. The summed E-state index contributed by atoms with van der Waals surface area (Å²) in [6.45, 7) is 37.3. The number of hydrogen-bond acceptors (Lipinski definition) is 10. The van der Waals surface area contributed by atoms with Gasteiger partial charge in [0.25, 0.3) is 0 Å². The summed E-state index contributed by atoms with van der Waals surface area (Å²) in [7, 11) is -2.57. The van der Waals surface area contributed by atoms with Gasteiger partial charge in [-0.3, -0.25) is 9.59 Å². The van der Waals surface area contributed by atoms with Gasteiger partial charge >= 0.3 is 130 Å². The predicted molar refractivity (Wildman–Crippen MR) is 343 cm³/mol. The van der Waals surface area contributed by atoms with Crippen molar-refractivity contribution in [3.05, 3.63) is 71.8 Å². The summed E-state index contributed by atoms with van der Waals surface area (Å²) in [6.07, 6.45) is 18.2. The standard InChI is InChI=1S/C27H36O5Si.C24H31BrO4Si.3C4H9.C3H5O.Sn/c1-16-15-19-22-24(17(16)12-10-14-28)31-33(26(2,3)4,27(5,6)7)32-25(22)21-18(23(19)30-8)11-9-13-20(21)29;1-13-12-15-18-21(17-14(20(15)27-8)10-9-11-16(17)26)28-30(23(2,3)4,24(5,6)7)29-22(18)19(13)25;3*1-3-4-2;1-2-3-4;/h10,12,15,28H,9,11,13-14H2,1-8H3;12H,9-11H2,1-8H3;3*1,3-4H2,2H3;1-2,4H,3H2;/b12-10+;;;;;;. The van der Waals surface area contributed by atoms with Crippen LogP contribution < -0.4 is 27.2 Å². The molecule has 0 aromatic heterocycles. The fourth-order valence-corrected chi connectivity index (χ4v) is 37.4. The molecule has 0 saturated heterocycles. The van der Waals surface area contributed by atoms with E-state index in [-0.39, 0.29) is 44.9 Å². The Morgan fingerprint density at radius 1 is 0.575 bits per heavy atom. The second kappa shape index (κ2) is 25.9. The fraction of sp³-hybridized carbons (Fsp3) is 0.606. The van der Waals surface area contributed by atoms with Gasteiger partial charge in [0.15, 0.2) is 11.6 Å². The Balaban J connectivity index is 0.000000204. The van der Waals surface area contributed by atoms with E-state index in [1.807, 2.05) is 13.0 Å². The van der Waals surface area contributed by atoms with E-state index >= 15 is 0 Å². The number of Topliss-reactive ketones (excluding diaryl/α,β-unsaturated/α-hetero) is 2. The number of benzene rings is 4. The number of aryl methyl sites for hydroxylation is 2. The third-order valence-corrected chi connectivity index (χ3v) is 42.2. The summed E-state index contributed by atoms with van der Waals surface area (Å²) >= 11 is 1.76. The number of ketones is 2. The smallest absolute Gasteiger partial charge is 0.471 e. The first-order chi connectivity index (χ1) is 37.5. The van der Waals surface area contributed by atoms with E-state index < -0.39 is 35.5 Å². The summed E-state index contributed by atoms with van der Waals surface area (Å²) in [5, 5.41) is 21.1. The average Bonchev–Trinajstić information content (AvgIpc) is 3.40. The maximum Gasteiger partial charge on any atom is 0.471 e. The van der Waals surface area contributed by atoms with Crippen LogP contribution >= 0.6 is 15.9 Å². The van der Waals surface area contributed by atoms with E-state index in [9.17, 15) is 14.7 Å². The van der Waals surface area contributed by atoms with Crippen molar-refractivity contribution in [2.45, 2.75) is 228 Å². The molecule has 8 rings (SSSR count). The van der Waals surface area contributed by atoms with Crippen molar-refractivity contribution in [3.8, 4) is 34.5 Å². The molecule has 0 saturated carbocycles. The number of halogens is 1. The van der Waals surface area contributed by atoms with E-state index in [0.717, 1.165) is 103 Å². The van der Waals surface area contributed by atoms with Gasteiger partial charge in [-0.25, -0.2) is 0 Å². The summed E-state index contributed by atoms with van der Waals surface area (Å²) in [5.74, 6) is 4.69. The Morgan fingerprint density at radius 2 is 0.950 bits per heavy atom. The van der Waals surface area contributed by atoms with Gasteiger partial charge in [-0.05, 0) is 78.7 Å². The molecule has 2 aliphatic heterocycles. The van der Waals surface area contributed by atoms with Crippen molar-refractivity contribution < 1.29 is 47.0 Å². The van der Waals surface area contributed by atoms with Crippen LogP contribution in [0.5, 0.6) is 34.5 Å². The van der Waals surface area contributed by atoms with Gasteiger partial charge in [0.2, 0.25) is 0 Å². The van der Waals surface area contributed by atoms with E-state index in [1.54, 1.807) is 20.3 Å². The number of hydrogen-bond donors (Lipinski definition) is 2. The molecule has 0 atom stereocenters. The first-order valence-electron chi connectivity index (χ1n) is 29.9. The number of carbonyl (C=O) groups excluding carboxylic acids is 2. The van der Waals surface area contributed by atoms with Crippen LogP contribution in [-0.4, -0.2) is 84.7 Å². The number of unbranched alkanes of at least 4 members (excludes halogenated alkanes) is 3. The number of carbonyl (C=O) groups is 2. The largest absolute Gasteiger partial charge is 0.510 e. The molecule has 80 heavy (non-hydrogen) atoms. The molecular formula is C66H99BrO10Si2Sn.